The molecule has 0 radical (unpaired) electrons. The van der Waals surface area contributed by atoms with Gasteiger partial charge < -0.3 is 0 Å². The fraction of sp³-hybridized carbons (Fsp3) is 0.0625. The van der Waals surface area contributed by atoms with Crippen molar-refractivity contribution in [1.29, 1.82) is 0 Å². The van der Waals surface area contributed by atoms with Crippen molar-refractivity contribution in [3.05, 3.63) is 134 Å². The van der Waals surface area contributed by atoms with Crippen molar-refractivity contribution in [2.24, 2.45) is 0 Å². The Labute approximate surface area is 257 Å². The number of benzene rings is 2. The summed E-state index contributed by atoms with van der Waals surface area (Å²) in [7, 11) is 0. The molecule has 0 saturated heterocycles. The molecule has 0 saturated carbocycles. The van der Waals surface area contributed by atoms with Crippen LogP contribution in [0.1, 0.15) is 11.4 Å². The molecule has 7 nitrogen and oxygen atoms in total. The van der Waals surface area contributed by atoms with Crippen LogP contribution >= 0.6 is 34.8 Å². The van der Waals surface area contributed by atoms with Gasteiger partial charge in [0.2, 0.25) is 0 Å². The first-order valence-electron chi connectivity index (χ1n) is 12.8. The minimum absolute atomic E-state index is 0.260. The smallest absolute Gasteiger partial charge is 0.267 e. The molecule has 2 aromatic carbocycles. The van der Waals surface area contributed by atoms with Crippen molar-refractivity contribution in [3.63, 3.8) is 0 Å². The number of nitrogens with one attached hydrogen (secondary N) is 1. The van der Waals surface area contributed by atoms with E-state index < -0.39 is 0 Å². The number of halogens is 3. The van der Waals surface area contributed by atoms with Gasteiger partial charge in [0.15, 0.2) is 5.15 Å². The molecule has 0 aliphatic carbocycles. The zero-order valence-corrected chi connectivity index (χ0v) is 24.8. The van der Waals surface area contributed by atoms with Crippen LogP contribution in [-0.2, 0) is 0 Å². The van der Waals surface area contributed by atoms with Crippen LogP contribution in [0.25, 0.3) is 44.8 Å². The van der Waals surface area contributed by atoms with E-state index in [4.69, 9.17) is 34.8 Å². The van der Waals surface area contributed by atoms with Crippen molar-refractivity contribution in [2.75, 3.05) is 0 Å². The first kappa shape index (κ1) is 29.1. The highest BCUT2D eigenvalue weighted by Gasteiger charge is 2.18. The molecule has 0 bridgehead atoms. The Morgan fingerprint density at radius 1 is 0.571 bits per heavy atom. The molecule has 6 rings (SSSR count). The number of nitrogens with zero attached hydrogens (tertiary/aromatic N) is 5. The Kier molecular flexibility index (Phi) is 9.03. The van der Waals surface area contributed by atoms with E-state index >= 15 is 0 Å². The standard InChI is InChI=1S/C16H11Cl2N3.C16H12ClN3O/c1-10-14(11-5-7-12(17)8-6-11)15(16(18)21-20-10)13-4-2-3-9-19-13;1-10-14(11-5-7-12(17)8-6-11)15(16(21)20-19-10)13-4-2-3-9-18-13/h2-9H,1H3;2-9H,1H3,(H,20,21). The average Bonchev–Trinajstić information content (AvgIpc) is 3.01. The van der Waals surface area contributed by atoms with Crippen molar-refractivity contribution < 1.29 is 0 Å². The van der Waals surface area contributed by atoms with Crippen LogP contribution in [0.5, 0.6) is 0 Å². The summed E-state index contributed by atoms with van der Waals surface area (Å²) in [5, 5.41) is 16.4. The van der Waals surface area contributed by atoms with Crippen molar-refractivity contribution in [2.45, 2.75) is 13.8 Å². The Morgan fingerprint density at radius 3 is 1.57 bits per heavy atom. The van der Waals surface area contributed by atoms with Gasteiger partial charge in [-0.25, -0.2) is 5.10 Å². The summed E-state index contributed by atoms with van der Waals surface area (Å²) < 4.78 is 0. The second-order valence-corrected chi connectivity index (χ2v) is 10.4. The highest BCUT2D eigenvalue weighted by atomic mass is 35.5. The van der Waals surface area contributed by atoms with Gasteiger partial charge in [-0.1, -0.05) is 71.2 Å². The van der Waals surface area contributed by atoms with Crippen molar-refractivity contribution in [3.8, 4) is 44.8 Å². The van der Waals surface area contributed by atoms with Gasteiger partial charge in [0, 0.05) is 39.1 Å². The fourth-order valence-electron chi connectivity index (χ4n) is 4.48. The lowest BCUT2D eigenvalue weighted by molar-refractivity contribution is 0.950. The van der Waals surface area contributed by atoms with E-state index in [-0.39, 0.29) is 5.56 Å². The fourth-order valence-corrected chi connectivity index (χ4v) is 4.96. The lowest BCUT2D eigenvalue weighted by Crippen LogP contribution is -2.14. The zero-order chi connectivity index (χ0) is 29.6. The maximum absolute atomic E-state index is 12.2. The van der Waals surface area contributed by atoms with E-state index in [1.807, 2.05) is 86.6 Å². The minimum atomic E-state index is -0.260. The van der Waals surface area contributed by atoms with Crippen molar-refractivity contribution in [1.82, 2.24) is 30.4 Å². The molecule has 10 heteroatoms. The number of aromatic amines is 1. The molecule has 0 aliphatic heterocycles. The number of aromatic nitrogens is 6. The molecule has 208 valence electrons. The number of aryl methyl sites for hydroxylation is 2. The lowest BCUT2D eigenvalue weighted by Gasteiger charge is -2.12. The first-order valence-corrected chi connectivity index (χ1v) is 13.9. The van der Waals surface area contributed by atoms with Crippen LogP contribution in [-0.4, -0.2) is 30.4 Å². The van der Waals surface area contributed by atoms with E-state index in [0.717, 1.165) is 44.9 Å². The number of hydrogen-bond donors (Lipinski definition) is 1. The second kappa shape index (κ2) is 13.0. The van der Waals surface area contributed by atoms with Gasteiger partial charge in [0.05, 0.1) is 28.3 Å². The number of pyridine rings is 2. The van der Waals surface area contributed by atoms with Gasteiger partial charge in [-0.15, -0.1) is 5.10 Å². The summed E-state index contributed by atoms with van der Waals surface area (Å²) >= 11 is 18.2. The Bertz CT molecular complexity index is 1880. The van der Waals surface area contributed by atoms with Gasteiger partial charge >= 0.3 is 0 Å². The van der Waals surface area contributed by atoms with Crippen LogP contribution in [0, 0.1) is 13.8 Å². The predicted molar refractivity (Wildman–Crippen MR) is 169 cm³/mol. The van der Waals surface area contributed by atoms with E-state index in [1.165, 1.54) is 0 Å². The third-order valence-corrected chi connectivity index (χ3v) is 7.15. The van der Waals surface area contributed by atoms with Gasteiger partial charge in [-0.05, 0) is 73.5 Å². The van der Waals surface area contributed by atoms with E-state index in [2.05, 4.69) is 30.4 Å². The molecular formula is C32H23Cl3N6O. The third-order valence-electron chi connectivity index (χ3n) is 6.38. The summed E-state index contributed by atoms with van der Waals surface area (Å²) in [6.07, 6.45) is 3.39. The molecule has 1 N–H and O–H groups in total. The van der Waals surface area contributed by atoms with E-state index in [9.17, 15) is 4.79 Å². The molecular weight excluding hydrogens is 591 g/mol. The third kappa shape index (κ3) is 6.39. The maximum Gasteiger partial charge on any atom is 0.274 e. The normalized spacial score (nSPS) is 10.6. The van der Waals surface area contributed by atoms with Crippen LogP contribution in [0.15, 0.2) is 102 Å². The first-order chi connectivity index (χ1) is 20.3. The molecule has 0 amide bonds. The summed E-state index contributed by atoms with van der Waals surface area (Å²) in [6, 6.07) is 26.0. The largest absolute Gasteiger partial charge is 0.274 e. The molecule has 0 aliphatic rings. The van der Waals surface area contributed by atoms with E-state index in [0.29, 0.717) is 26.5 Å². The highest BCUT2D eigenvalue weighted by molar-refractivity contribution is 6.33. The molecule has 0 spiro atoms. The second-order valence-electron chi connectivity index (χ2n) is 9.16. The molecule has 0 unspecified atom stereocenters. The van der Waals surface area contributed by atoms with Crippen LogP contribution in [0.4, 0.5) is 0 Å². The number of H-pyrrole nitrogens is 1. The average molecular weight is 614 g/mol. The van der Waals surface area contributed by atoms with Crippen LogP contribution in [0.2, 0.25) is 15.2 Å². The monoisotopic (exact) mass is 612 g/mol. The van der Waals surface area contributed by atoms with Crippen molar-refractivity contribution >= 4 is 34.8 Å². The summed E-state index contributed by atoms with van der Waals surface area (Å²) in [5.41, 5.74) is 7.52. The highest BCUT2D eigenvalue weighted by Crippen LogP contribution is 2.37. The van der Waals surface area contributed by atoms with Gasteiger partial charge in [-0.3, -0.25) is 14.8 Å². The quantitative estimate of drug-likeness (QED) is 0.215. The molecule has 42 heavy (non-hydrogen) atoms. The molecule has 0 fully saturated rings. The summed E-state index contributed by atoms with van der Waals surface area (Å²) in [5.74, 6) is 0. The number of rotatable bonds is 4. The zero-order valence-electron chi connectivity index (χ0n) is 22.5. The van der Waals surface area contributed by atoms with Gasteiger partial charge in [-0.2, -0.15) is 10.2 Å². The Balaban J connectivity index is 0.000000168. The van der Waals surface area contributed by atoms with Crippen LogP contribution in [0.3, 0.4) is 0 Å². The summed E-state index contributed by atoms with van der Waals surface area (Å²) in [6.45, 7) is 3.76. The molecule has 4 heterocycles. The molecule has 4 aromatic heterocycles. The van der Waals surface area contributed by atoms with E-state index in [1.54, 1.807) is 24.5 Å². The topological polar surface area (TPSA) is 97.3 Å². The lowest BCUT2D eigenvalue weighted by atomic mass is 9.97. The Hall–Kier alpha value is -4.43. The summed E-state index contributed by atoms with van der Waals surface area (Å²) in [4.78, 5) is 20.9. The predicted octanol–water partition coefficient (Wildman–Crippen LogP) is 8.28. The minimum Gasteiger partial charge on any atom is -0.267 e. The SMILES string of the molecule is Cc1n[nH]c(=O)c(-c2ccccn2)c1-c1ccc(Cl)cc1.Cc1nnc(Cl)c(-c2ccccn2)c1-c1ccc(Cl)cc1. The van der Waals surface area contributed by atoms with Gasteiger partial charge in [0.1, 0.15) is 0 Å². The molecule has 0 atom stereocenters. The van der Waals surface area contributed by atoms with Crippen LogP contribution < -0.4 is 5.56 Å². The molecule has 6 aromatic rings. The number of hydrogen-bond acceptors (Lipinski definition) is 6. The Morgan fingerprint density at radius 2 is 1.07 bits per heavy atom. The maximum atomic E-state index is 12.2. The van der Waals surface area contributed by atoms with Gasteiger partial charge in [0.25, 0.3) is 5.56 Å².